The van der Waals surface area contributed by atoms with Gasteiger partial charge in [-0.15, -0.1) is 0 Å². The number of nitrogens with one attached hydrogen (secondary N) is 1. The maximum atomic E-state index is 12.9. The average Bonchev–Trinajstić information content (AvgIpc) is 3.20. The van der Waals surface area contributed by atoms with Crippen LogP contribution in [0.4, 0.5) is 11.4 Å². The molecule has 3 amide bonds. The van der Waals surface area contributed by atoms with Gasteiger partial charge < -0.3 is 5.32 Å². The van der Waals surface area contributed by atoms with E-state index in [0.29, 0.717) is 16.4 Å². The minimum absolute atomic E-state index is 0.211. The van der Waals surface area contributed by atoms with Crippen molar-refractivity contribution in [3.63, 3.8) is 0 Å². The number of carbonyl (C=O) groups is 3. The van der Waals surface area contributed by atoms with Crippen molar-refractivity contribution >= 4 is 40.7 Å². The van der Waals surface area contributed by atoms with E-state index in [9.17, 15) is 14.4 Å². The molecule has 0 spiro atoms. The second kappa shape index (κ2) is 7.29. The third-order valence-corrected chi connectivity index (χ3v) is 5.41. The first-order chi connectivity index (χ1) is 13.9. The summed E-state index contributed by atoms with van der Waals surface area (Å²) < 4.78 is 0. The van der Waals surface area contributed by atoms with E-state index in [-0.39, 0.29) is 12.5 Å². The summed E-state index contributed by atoms with van der Waals surface area (Å²) in [7, 11) is 0. The number of hydrogen-bond acceptors (Lipinski definition) is 6. The Labute approximate surface area is 172 Å². The molecule has 2 aromatic rings. The van der Waals surface area contributed by atoms with Gasteiger partial charge in [0, 0.05) is 10.7 Å². The molecule has 1 fully saturated rings. The van der Waals surface area contributed by atoms with Crippen molar-refractivity contribution in [1.82, 2.24) is 5.01 Å². The van der Waals surface area contributed by atoms with E-state index in [0.717, 1.165) is 16.0 Å². The predicted octanol–water partition coefficient (Wildman–Crippen LogP) is 2.89. The summed E-state index contributed by atoms with van der Waals surface area (Å²) in [4.78, 5) is 39.2. The van der Waals surface area contributed by atoms with Crippen LogP contribution in [-0.4, -0.2) is 41.4 Å². The van der Waals surface area contributed by atoms with Gasteiger partial charge in [0.1, 0.15) is 6.54 Å². The first-order valence-electron chi connectivity index (χ1n) is 9.03. The fraction of sp³-hybridized carbons (Fsp3) is 0.250. The monoisotopic (exact) mass is 411 g/mol. The molecule has 2 aliphatic rings. The SMILES string of the molecule is Cc1ccc(N2C(=O)[C@H]3N=NN(CC(=O)Nc4cccc(Cl)c4C)[C@@H]3C2=O)cc1. The molecule has 0 unspecified atom stereocenters. The molecule has 4 rings (SSSR count). The Morgan fingerprint density at radius 1 is 1.10 bits per heavy atom. The van der Waals surface area contributed by atoms with Crippen LogP contribution in [0.2, 0.25) is 5.02 Å². The summed E-state index contributed by atoms with van der Waals surface area (Å²) >= 11 is 6.08. The Hall–Kier alpha value is -3.26. The van der Waals surface area contributed by atoms with Crippen LogP contribution < -0.4 is 10.2 Å². The molecule has 2 aliphatic heterocycles. The zero-order chi connectivity index (χ0) is 20.7. The van der Waals surface area contributed by atoms with Crippen molar-refractivity contribution in [3.8, 4) is 0 Å². The van der Waals surface area contributed by atoms with E-state index in [2.05, 4.69) is 15.7 Å². The molecule has 2 heterocycles. The Bertz CT molecular complexity index is 1040. The standard InChI is InChI=1S/C20H18ClN5O3/c1-11-6-8-13(9-7-11)26-19(28)17-18(20(26)29)25(24-23-17)10-16(27)22-15-5-3-4-14(21)12(15)2/h3-9,17-18H,10H2,1-2H3,(H,22,27)/t17-,18-/m0/s1. The van der Waals surface area contributed by atoms with Crippen LogP contribution in [0.25, 0.3) is 0 Å². The van der Waals surface area contributed by atoms with Crippen LogP contribution in [-0.2, 0) is 14.4 Å². The molecular formula is C20H18ClN5O3. The molecule has 0 aromatic heterocycles. The van der Waals surface area contributed by atoms with Gasteiger partial charge in [0.05, 0.1) is 5.69 Å². The Morgan fingerprint density at radius 2 is 1.83 bits per heavy atom. The largest absolute Gasteiger partial charge is 0.324 e. The third-order valence-electron chi connectivity index (χ3n) is 5.00. The number of fused-ring (bicyclic) bond motifs is 1. The second-order valence-corrected chi connectivity index (χ2v) is 7.41. The van der Waals surface area contributed by atoms with Gasteiger partial charge >= 0.3 is 0 Å². The summed E-state index contributed by atoms with van der Waals surface area (Å²) in [5, 5.41) is 12.4. The van der Waals surface area contributed by atoms with Crippen LogP contribution in [0.1, 0.15) is 11.1 Å². The molecule has 0 saturated carbocycles. The zero-order valence-electron chi connectivity index (χ0n) is 15.8. The fourth-order valence-electron chi connectivity index (χ4n) is 3.38. The topological polar surface area (TPSA) is 94.4 Å². The summed E-state index contributed by atoms with van der Waals surface area (Å²) in [6.07, 6.45) is 0. The van der Waals surface area contributed by atoms with Crippen LogP contribution >= 0.6 is 11.6 Å². The lowest BCUT2D eigenvalue weighted by atomic mass is 10.1. The normalized spacial score (nSPS) is 20.4. The molecule has 29 heavy (non-hydrogen) atoms. The molecule has 148 valence electrons. The van der Waals surface area contributed by atoms with Gasteiger partial charge in [-0.05, 0) is 43.7 Å². The smallest absolute Gasteiger partial charge is 0.263 e. The lowest BCUT2D eigenvalue weighted by molar-refractivity contribution is -0.123. The first kappa shape index (κ1) is 19.1. The van der Waals surface area contributed by atoms with Gasteiger partial charge in [-0.1, -0.05) is 40.6 Å². The summed E-state index contributed by atoms with van der Waals surface area (Å²) in [6.45, 7) is 3.50. The molecule has 0 bridgehead atoms. The van der Waals surface area contributed by atoms with Crippen LogP contribution in [0.15, 0.2) is 52.8 Å². The van der Waals surface area contributed by atoms with Crippen LogP contribution in [0.5, 0.6) is 0 Å². The van der Waals surface area contributed by atoms with Crippen molar-refractivity contribution < 1.29 is 14.4 Å². The number of anilines is 2. The van der Waals surface area contributed by atoms with Gasteiger partial charge in [-0.3, -0.25) is 19.4 Å². The molecule has 0 aliphatic carbocycles. The van der Waals surface area contributed by atoms with Crippen LogP contribution in [0.3, 0.4) is 0 Å². The summed E-state index contributed by atoms with van der Waals surface area (Å²) in [6, 6.07) is 10.4. The second-order valence-electron chi connectivity index (χ2n) is 7.00. The van der Waals surface area contributed by atoms with Gasteiger partial charge in [0.25, 0.3) is 11.8 Å². The Kier molecular flexibility index (Phi) is 4.79. The number of hydrogen-bond donors (Lipinski definition) is 1. The zero-order valence-corrected chi connectivity index (χ0v) is 16.6. The highest BCUT2D eigenvalue weighted by atomic mass is 35.5. The van der Waals surface area contributed by atoms with Gasteiger partial charge in [-0.25, -0.2) is 4.90 Å². The number of nitrogens with zero attached hydrogens (tertiary/aromatic N) is 4. The highest BCUT2D eigenvalue weighted by Gasteiger charge is 2.55. The first-order valence-corrected chi connectivity index (χ1v) is 9.41. The minimum Gasteiger partial charge on any atom is -0.324 e. The number of amides is 3. The van der Waals surface area contributed by atoms with E-state index >= 15 is 0 Å². The molecule has 2 aromatic carbocycles. The Balaban J connectivity index is 1.49. The van der Waals surface area contributed by atoms with Crippen molar-refractivity contribution in [1.29, 1.82) is 0 Å². The molecule has 2 atom stereocenters. The summed E-state index contributed by atoms with van der Waals surface area (Å²) in [5.74, 6) is -1.27. The van der Waals surface area contributed by atoms with Crippen molar-refractivity contribution in [2.75, 3.05) is 16.8 Å². The number of aryl methyl sites for hydroxylation is 1. The van der Waals surface area contributed by atoms with Crippen molar-refractivity contribution in [2.45, 2.75) is 25.9 Å². The van der Waals surface area contributed by atoms with Gasteiger partial charge in [0.2, 0.25) is 5.91 Å². The number of benzene rings is 2. The van der Waals surface area contributed by atoms with Gasteiger partial charge in [0.15, 0.2) is 12.1 Å². The number of imide groups is 1. The number of halogens is 1. The molecule has 1 saturated heterocycles. The average molecular weight is 412 g/mol. The van der Waals surface area contributed by atoms with Gasteiger partial charge in [-0.2, -0.15) is 5.11 Å². The predicted molar refractivity (Wildman–Crippen MR) is 108 cm³/mol. The molecule has 1 N–H and O–H groups in total. The van der Waals surface area contributed by atoms with Crippen LogP contribution in [0, 0.1) is 13.8 Å². The maximum absolute atomic E-state index is 12.9. The molecule has 0 radical (unpaired) electrons. The van der Waals surface area contributed by atoms with Crippen molar-refractivity contribution in [3.05, 3.63) is 58.6 Å². The maximum Gasteiger partial charge on any atom is 0.263 e. The lowest BCUT2D eigenvalue weighted by Gasteiger charge is -2.20. The summed E-state index contributed by atoms with van der Waals surface area (Å²) in [5.41, 5.74) is 2.81. The molecular weight excluding hydrogens is 394 g/mol. The quantitative estimate of drug-likeness (QED) is 0.782. The van der Waals surface area contributed by atoms with E-state index in [1.165, 1.54) is 5.01 Å². The van der Waals surface area contributed by atoms with E-state index < -0.39 is 23.9 Å². The van der Waals surface area contributed by atoms with E-state index in [1.54, 1.807) is 37.3 Å². The highest BCUT2D eigenvalue weighted by Crippen LogP contribution is 2.32. The van der Waals surface area contributed by atoms with E-state index in [1.807, 2.05) is 19.1 Å². The number of rotatable bonds is 4. The highest BCUT2D eigenvalue weighted by molar-refractivity contribution is 6.31. The fourth-order valence-corrected chi connectivity index (χ4v) is 3.56. The molecule has 9 heteroatoms. The molecule has 8 nitrogen and oxygen atoms in total. The minimum atomic E-state index is -0.940. The van der Waals surface area contributed by atoms with Crippen molar-refractivity contribution in [2.24, 2.45) is 10.3 Å². The van der Waals surface area contributed by atoms with E-state index in [4.69, 9.17) is 11.6 Å². The Morgan fingerprint density at radius 3 is 2.55 bits per heavy atom. The lowest BCUT2D eigenvalue weighted by Crippen LogP contribution is -2.43. The number of carbonyl (C=O) groups excluding carboxylic acids is 3. The third kappa shape index (κ3) is 3.36.